The summed E-state index contributed by atoms with van der Waals surface area (Å²) in [5.41, 5.74) is 8.27. The number of nitrogens with zero attached hydrogens (tertiary/aromatic N) is 1. The van der Waals surface area contributed by atoms with Crippen LogP contribution in [0, 0.1) is 0 Å². The summed E-state index contributed by atoms with van der Waals surface area (Å²) in [5, 5.41) is 1.63. The highest BCUT2D eigenvalue weighted by atomic mass is 35.5. The smallest absolute Gasteiger partial charge is 0.248 e. The van der Waals surface area contributed by atoms with Crippen molar-refractivity contribution in [3.8, 4) is 0 Å². The third kappa shape index (κ3) is 2.62. The van der Waals surface area contributed by atoms with Gasteiger partial charge in [0.25, 0.3) is 0 Å². The summed E-state index contributed by atoms with van der Waals surface area (Å²) in [6, 6.07) is 9.77. The minimum atomic E-state index is -0.690. The highest BCUT2D eigenvalue weighted by Crippen LogP contribution is 2.38. The molecule has 2 aromatic rings. The minimum Gasteiger partial charge on any atom is -0.316 e. The van der Waals surface area contributed by atoms with Crippen molar-refractivity contribution >= 4 is 46.4 Å². The van der Waals surface area contributed by atoms with Crippen molar-refractivity contribution in [3.05, 3.63) is 62.6 Å². The van der Waals surface area contributed by atoms with Gasteiger partial charge in [-0.3, -0.25) is 4.79 Å². The van der Waals surface area contributed by atoms with E-state index in [0.29, 0.717) is 21.6 Å². The summed E-state index contributed by atoms with van der Waals surface area (Å²) in [5.74, 6) is -0.168. The first kappa shape index (κ1) is 14.7. The van der Waals surface area contributed by atoms with E-state index in [1.165, 1.54) is 0 Å². The summed E-state index contributed by atoms with van der Waals surface area (Å²) in [6.07, 6.45) is 0. The number of halogens is 3. The highest BCUT2D eigenvalue weighted by Gasteiger charge is 2.35. The van der Waals surface area contributed by atoms with Gasteiger partial charge in [0.1, 0.15) is 6.04 Å². The van der Waals surface area contributed by atoms with E-state index >= 15 is 0 Å². The molecule has 0 radical (unpaired) electrons. The van der Waals surface area contributed by atoms with Crippen molar-refractivity contribution in [2.75, 3.05) is 4.90 Å². The molecule has 0 aromatic heterocycles. The Kier molecular flexibility index (Phi) is 3.84. The SMILES string of the molecule is NC1C(=O)N(Cc2ccc(Cl)cc2Cl)c2ccc(Cl)cc21. The number of hydrogen-bond acceptors (Lipinski definition) is 2. The van der Waals surface area contributed by atoms with E-state index in [9.17, 15) is 4.79 Å². The van der Waals surface area contributed by atoms with Crippen LogP contribution < -0.4 is 10.6 Å². The third-order valence-electron chi connectivity index (χ3n) is 3.49. The fourth-order valence-electron chi connectivity index (χ4n) is 2.42. The number of carbonyl (C=O) groups excluding carboxylic acids is 1. The van der Waals surface area contributed by atoms with Crippen LogP contribution in [0.15, 0.2) is 36.4 Å². The molecule has 2 N–H and O–H groups in total. The van der Waals surface area contributed by atoms with Gasteiger partial charge in [0.15, 0.2) is 0 Å². The Morgan fingerprint density at radius 2 is 1.71 bits per heavy atom. The monoisotopic (exact) mass is 340 g/mol. The summed E-state index contributed by atoms with van der Waals surface area (Å²) in [4.78, 5) is 14.0. The Morgan fingerprint density at radius 3 is 2.43 bits per heavy atom. The molecule has 1 aliphatic rings. The molecule has 21 heavy (non-hydrogen) atoms. The van der Waals surface area contributed by atoms with Gasteiger partial charge in [-0.2, -0.15) is 0 Å². The normalized spacial score (nSPS) is 17.2. The maximum Gasteiger partial charge on any atom is 0.248 e. The molecule has 0 bridgehead atoms. The van der Waals surface area contributed by atoms with Crippen LogP contribution in [-0.2, 0) is 11.3 Å². The lowest BCUT2D eigenvalue weighted by atomic mass is 10.1. The van der Waals surface area contributed by atoms with E-state index in [-0.39, 0.29) is 5.91 Å². The molecular formula is C15H11Cl3N2O. The quantitative estimate of drug-likeness (QED) is 0.890. The molecule has 1 atom stereocenters. The van der Waals surface area contributed by atoms with Gasteiger partial charge >= 0.3 is 0 Å². The van der Waals surface area contributed by atoms with E-state index in [1.807, 2.05) is 0 Å². The van der Waals surface area contributed by atoms with Crippen LogP contribution in [0.4, 0.5) is 5.69 Å². The summed E-state index contributed by atoms with van der Waals surface area (Å²) in [6.45, 7) is 0.344. The highest BCUT2D eigenvalue weighted by molar-refractivity contribution is 6.35. The minimum absolute atomic E-state index is 0.168. The lowest BCUT2D eigenvalue weighted by molar-refractivity contribution is -0.119. The second-order valence-electron chi connectivity index (χ2n) is 4.84. The summed E-state index contributed by atoms with van der Waals surface area (Å²) in [7, 11) is 0. The number of amides is 1. The second-order valence-corrected chi connectivity index (χ2v) is 6.12. The molecule has 1 amide bonds. The number of anilines is 1. The lowest BCUT2D eigenvalue weighted by Crippen LogP contribution is -2.31. The fourth-order valence-corrected chi connectivity index (χ4v) is 3.07. The van der Waals surface area contributed by atoms with Crippen molar-refractivity contribution in [1.82, 2.24) is 0 Å². The largest absolute Gasteiger partial charge is 0.316 e. The maximum absolute atomic E-state index is 12.3. The number of rotatable bonds is 2. The van der Waals surface area contributed by atoms with Crippen LogP contribution in [0.2, 0.25) is 15.1 Å². The Labute approximate surface area is 137 Å². The molecule has 108 valence electrons. The molecule has 1 aliphatic heterocycles. The molecule has 0 aliphatic carbocycles. The predicted octanol–water partition coefficient (Wildman–Crippen LogP) is 4.19. The van der Waals surface area contributed by atoms with Crippen LogP contribution in [0.1, 0.15) is 17.2 Å². The molecule has 2 aromatic carbocycles. The van der Waals surface area contributed by atoms with Gasteiger partial charge in [0.2, 0.25) is 5.91 Å². The Balaban J connectivity index is 1.98. The van der Waals surface area contributed by atoms with Gasteiger partial charge in [0.05, 0.1) is 6.54 Å². The maximum atomic E-state index is 12.3. The van der Waals surface area contributed by atoms with Crippen molar-refractivity contribution in [1.29, 1.82) is 0 Å². The molecule has 0 saturated carbocycles. The lowest BCUT2D eigenvalue weighted by Gasteiger charge is -2.18. The van der Waals surface area contributed by atoms with Crippen molar-refractivity contribution in [2.24, 2.45) is 5.73 Å². The van der Waals surface area contributed by atoms with Gasteiger partial charge in [0, 0.05) is 26.3 Å². The molecule has 3 rings (SSSR count). The Bertz CT molecular complexity index is 733. The predicted molar refractivity (Wildman–Crippen MR) is 86.0 cm³/mol. The number of carbonyl (C=O) groups is 1. The van der Waals surface area contributed by atoms with Crippen LogP contribution in [0.25, 0.3) is 0 Å². The van der Waals surface area contributed by atoms with Gasteiger partial charge in [-0.25, -0.2) is 0 Å². The molecule has 1 unspecified atom stereocenters. The van der Waals surface area contributed by atoms with Crippen molar-refractivity contribution < 1.29 is 4.79 Å². The molecule has 6 heteroatoms. The summed E-state index contributed by atoms with van der Waals surface area (Å²) < 4.78 is 0. The third-order valence-corrected chi connectivity index (χ3v) is 4.31. The van der Waals surface area contributed by atoms with Crippen LogP contribution in [0.3, 0.4) is 0 Å². The Hall–Kier alpha value is -1.26. The number of benzene rings is 2. The van der Waals surface area contributed by atoms with E-state index in [1.54, 1.807) is 41.3 Å². The van der Waals surface area contributed by atoms with Crippen LogP contribution in [-0.4, -0.2) is 5.91 Å². The average Bonchev–Trinajstić information content (AvgIpc) is 2.66. The molecule has 0 fully saturated rings. The van der Waals surface area contributed by atoms with E-state index in [2.05, 4.69) is 0 Å². The van der Waals surface area contributed by atoms with Gasteiger partial charge in [-0.1, -0.05) is 40.9 Å². The molecular weight excluding hydrogens is 331 g/mol. The van der Waals surface area contributed by atoms with E-state index in [4.69, 9.17) is 40.5 Å². The first-order valence-corrected chi connectivity index (χ1v) is 7.41. The molecule has 1 heterocycles. The van der Waals surface area contributed by atoms with Crippen molar-refractivity contribution in [3.63, 3.8) is 0 Å². The van der Waals surface area contributed by atoms with Crippen molar-refractivity contribution in [2.45, 2.75) is 12.6 Å². The summed E-state index contributed by atoms with van der Waals surface area (Å²) >= 11 is 18.0. The van der Waals surface area contributed by atoms with Crippen LogP contribution >= 0.6 is 34.8 Å². The molecule has 0 spiro atoms. The van der Waals surface area contributed by atoms with Gasteiger partial charge in [-0.05, 0) is 35.9 Å². The first-order chi connectivity index (χ1) is 9.97. The zero-order valence-corrected chi connectivity index (χ0v) is 13.1. The average molecular weight is 342 g/mol. The fraction of sp³-hybridized carbons (Fsp3) is 0.133. The van der Waals surface area contributed by atoms with Gasteiger partial charge < -0.3 is 10.6 Å². The van der Waals surface area contributed by atoms with E-state index < -0.39 is 6.04 Å². The second kappa shape index (κ2) is 5.50. The molecule has 0 saturated heterocycles. The van der Waals surface area contributed by atoms with Crippen LogP contribution in [0.5, 0.6) is 0 Å². The molecule has 3 nitrogen and oxygen atoms in total. The zero-order valence-electron chi connectivity index (χ0n) is 10.8. The number of fused-ring (bicyclic) bond motifs is 1. The standard InChI is InChI=1S/C15H11Cl3N2O/c16-9-3-4-13-11(5-9)14(19)15(21)20(13)7-8-1-2-10(17)6-12(8)18/h1-6,14H,7,19H2. The van der Waals surface area contributed by atoms with E-state index in [0.717, 1.165) is 16.8 Å². The first-order valence-electron chi connectivity index (χ1n) is 6.27. The Morgan fingerprint density at radius 1 is 1.05 bits per heavy atom. The zero-order chi connectivity index (χ0) is 15.1. The van der Waals surface area contributed by atoms with Gasteiger partial charge in [-0.15, -0.1) is 0 Å². The topological polar surface area (TPSA) is 46.3 Å². The number of hydrogen-bond donors (Lipinski definition) is 1. The number of nitrogens with two attached hydrogens (primary N) is 1.